The molecule has 2 aliphatic heterocycles. The molecule has 2 heterocycles. The first-order valence-corrected chi connectivity index (χ1v) is 11.5. The maximum Gasteiger partial charge on any atom is 0.409 e. The Morgan fingerprint density at radius 2 is 1.97 bits per heavy atom. The fourth-order valence-electron chi connectivity index (χ4n) is 4.18. The highest BCUT2D eigenvalue weighted by atomic mass is 127. The van der Waals surface area contributed by atoms with Crippen LogP contribution in [0.25, 0.3) is 0 Å². The van der Waals surface area contributed by atoms with Crippen LogP contribution in [-0.2, 0) is 4.74 Å². The summed E-state index contributed by atoms with van der Waals surface area (Å²) in [4.78, 5) is 21.0. The average molecular weight is 559 g/mol. The number of ether oxygens (including phenoxy) is 2. The lowest BCUT2D eigenvalue weighted by molar-refractivity contribution is 0.0963. The molecule has 0 aliphatic carbocycles. The summed E-state index contributed by atoms with van der Waals surface area (Å²) in [6.45, 7) is 9.46. The Balaban J connectivity index is 0.00000363. The number of likely N-dealkylation sites (tertiary alicyclic amines) is 1. The van der Waals surface area contributed by atoms with E-state index in [0.717, 1.165) is 57.2 Å². The lowest BCUT2D eigenvalue weighted by Crippen LogP contribution is -2.50. The third-order valence-electron chi connectivity index (χ3n) is 5.92. The van der Waals surface area contributed by atoms with Gasteiger partial charge in [0.1, 0.15) is 5.75 Å². The molecule has 0 bridgehead atoms. The van der Waals surface area contributed by atoms with Gasteiger partial charge < -0.3 is 29.9 Å². The number of carbonyl (C=O) groups excluding carboxylic acids is 1. The quantitative estimate of drug-likeness (QED) is 0.303. The Hall–Kier alpha value is -1.91. The summed E-state index contributed by atoms with van der Waals surface area (Å²) in [5.74, 6) is 2.30. The number of halogens is 1. The molecule has 0 saturated carbocycles. The summed E-state index contributed by atoms with van der Waals surface area (Å²) < 4.78 is 10.5. The second kappa shape index (κ2) is 13.6. The van der Waals surface area contributed by atoms with Gasteiger partial charge in [0.15, 0.2) is 5.96 Å². The minimum atomic E-state index is -0.205. The van der Waals surface area contributed by atoms with Crippen molar-refractivity contribution in [3.8, 4) is 5.75 Å². The molecule has 0 aromatic heterocycles. The van der Waals surface area contributed by atoms with E-state index in [9.17, 15) is 4.79 Å². The Labute approximate surface area is 209 Å². The molecule has 1 aromatic rings. The van der Waals surface area contributed by atoms with Gasteiger partial charge in [0.05, 0.1) is 13.7 Å². The van der Waals surface area contributed by atoms with E-state index in [1.807, 2.05) is 19.1 Å². The summed E-state index contributed by atoms with van der Waals surface area (Å²) in [6, 6.07) is 8.58. The normalized spacial score (nSPS) is 19.3. The van der Waals surface area contributed by atoms with Crippen LogP contribution in [0.5, 0.6) is 5.75 Å². The van der Waals surface area contributed by atoms with Crippen LogP contribution < -0.4 is 20.3 Å². The lowest BCUT2D eigenvalue weighted by atomic mass is 10.1. The number of hydrogen-bond donors (Lipinski definition) is 2. The van der Waals surface area contributed by atoms with Crippen LogP contribution in [0.15, 0.2) is 29.3 Å². The summed E-state index contributed by atoms with van der Waals surface area (Å²) in [5, 5.41) is 6.93. The van der Waals surface area contributed by atoms with E-state index < -0.39 is 0 Å². The van der Waals surface area contributed by atoms with Gasteiger partial charge in [-0.3, -0.25) is 4.99 Å². The SMILES string of the molecule is CCNC(=NCC1CCN(c2cccc(OC)c2)C1)NC1CCN(C(=O)OCC)CC1.I. The molecule has 32 heavy (non-hydrogen) atoms. The first-order chi connectivity index (χ1) is 15.1. The van der Waals surface area contributed by atoms with Crippen molar-refractivity contribution in [2.24, 2.45) is 10.9 Å². The number of guanidine groups is 1. The molecule has 2 fully saturated rings. The molecule has 1 amide bonds. The minimum absolute atomic E-state index is 0. The Morgan fingerprint density at radius 3 is 2.66 bits per heavy atom. The van der Waals surface area contributed by atoms with Crippen LogP contribution in [-0.4, -0.2) is 76.0 Å². The Bertz CT molecular complexity index is 740. The molecule has 180 valence electrons. The number of nitrogens with zero attached hydrogens (tertiary/aromatic N) is 3. The van der Waals surface area contributed by atoms with E-state index >= 15 is 0 Å². The van der Waals surface area contributed by atoms with Gasteiger partial charge in [0.25, 0.3) is 0 Å². The number of anilines is 1. The molecule has 1 atom stereocenters. The summed E-state index contributed by atoms with van der Waals surface area (Å²) in [7, 11) is 1.70. The predicted octanol–water partition coefficient (Wildman–Crippen LogP) is 3.32. The number of benzene rings is 1. The van der Waals surface area contributed by atoms with E-state index in [0.29, 0.717) is 31.7 Å². The molecule has 2 N–H and O–H groups in total. The van der Waals surface area contributed by atoms with Gasteiger partial charge in [-0.1, -0.05) is 6.07 Å². The van der Waals surface area contributed by atoms with Crippen LogP contribution in [0.2, 0.25) is 0 Å². The molecule has 2 aliphatic rings. The van der Waals surface area contributed by atoms with Gasteiger partial charge in [-0.25, -0.2) is 4.79 Å². The zero-order valence-corrected chi connectivity index (χ0v) is 21.8. The van der Waals surface area contributed by atoms with Crippen molar-refractivity contribution in [2.45, 2.75) is 39.2 Å². The lowest BCUT2D eigenvalue weighted by Gasteiger charge is -2.32. The summed E-state index contributed by atoms with van der Waals surface area (Å²) >= 11 is 0. The van der Waals surface area contributed by atoms with Crippen molar-refractivity contribution in [3.63, 3.8) is 0 Å². The predicted molar refractivity (Wildman–Crippen MR) is 139 cm³/mol. The van der Waals surface area contributed by atoms with E-state index in [1.165, 1.54) is 5.69 Å². The summed E-state index contributed by atoms with van der Waals surface area (Å²) in [5.41, 5.74) is 1.21. The van der Waals surface area contributed by atoms with Gasteiger partial charge in [0.2, 0.25) is 0 Å². The molecule has 8 nitrogen and oxygen atoms in total. The molecule has 0 spiro atoms. The average Bonchev–Trinajstić information content (AvgIpc) is 3.27. The number of hydrogen-bond acceptors (Lipinski definition) is 5. The third-order valence-corrected chi connectivity index (χ3v) is 5.92. The van der Waals surface area contributed by atoms with Crippen molar-refractivity contribution in [3.05, 3.63) is 24.3 Å². The number of nitrogens with one attached hydrogen (secondary N) is 2. The number of carbonyl (C=O) groups is 1. The zero-order valence-electron chi connectivity index (χ0n) is 19.5. The highest BCUT2D eigenvalue weighted by Gasteiger charge is 2.25. The van der Waals surface area contributed by atoms with E-state index in [2.05, 4.69) is 34.6 Å². The van der Waals surface area contributed by atoms with Gasteiger partial charge in [-0.15, -0.1) is 24.0 Å². The molecular formula is C23H38IN5O3. The van der Waals surface area contributed by atoms with Crippen LogP contribution in [0.1, 0.15) is 33.1 Å². The number of aliphatic imine (C=N–C) groups is 1. The first kappa shape index (κ1) is 26.3. The standard InChI is InChI=1S/C23H37N5O3.HI/c1-4-24-22(26-19-10-13-27(14-11-19)23(29)31-5-2)25-16-18-9-12-28(17-18)20-7-6-8-21(15-20)30-3;/h6-8,15,18-19H,4-5,9-14,16-17H2,1-3H3,(H2,24,25,26);1H. The first-order valence-electron chi connectivity index (χ1n) is 11.5. The smallest absolute Gasteiger partial charge is 0.409 e. The van der Waals surface area contributed by atoms with Crippen molar-refractivity contribution < 1.29 is 14.3 Å². The molecule has 1 aromatic carbocycles. The number of methoxy groups -OCH3 is 1. The second-order valence-corrected chi connectivity index (χ2v) is 8.13. The van der Waals surface area contributed by atoms with Gasteiger partial charge in [-0.2, -0.15) is 0 Å². The maximum atomic E-state index is 11.9. The van der Waals surface area contributed by atoms with E-state index in [4.69, 9.17) is 14.5 Å². The highest BCUT2D eigenvalue weighted by molar-refractivity contribution is 14.0. The summed E-state index contributed by atoms with van der Waals surface area (Å²) in [6.07, 6.45) is 2.73. The number of piperidine rings is 1. The fourth-order valence-corrected chi connectivity index (χ4v) is 4.18. The minimum Gasteiger partial charge on any atom is -0.497 e. The van der Waals surface area contributed by atoms with Crippen LogP contribution in [0, 0.1) is 5.92 Å². The molecular weight excluding hydrogens is 521 g/mol. The zero-order chi connectivity index (χ0) is 22.1. The number of rotatable bonds is 7. The van der Waals surface area contributed by atoms with Crippen molar-refractivity contribution in [2.75, 3.05) is 57.9 Å². The van der Waals surface area contributed by atoms with Crippen molar-refractivity contribution in [1.82, 2.24) is 15.5 Å². The van der Waals surface area contributed by atoms with Gasteiger partial charge in [0, 0.05) is 57.1 Å². The molecule has 2 saturated heterocycles. The van der Waals surface area contributed by atoms with Gasteiger partial charge >= 0.3 is 6.09 Å². The van der Waals surface area contributed by atoms with Gasteiger partial charge in [-0.05, 0) is 51.2 Å². The van der Waals surface area contributed by atoms with Crippen molar-refractivity contribution in [1.29, 1.82) is 0 Å². The van der Waals surface area contributed by atoms with Crippen molar-refractivity contribution >= 4 is 41.7 Å². The van der Waals surface area contributed by atoms with Crippen LogP contribution >= 0.6 is 24.0 Å². The number of amides is 1. The third kappa shape index (κ3) is 7.60. The van der Waals surface area contributed by atoms with E-state index in [1.54, 1.807) is 12.0 Å². The molecule has 1 unspecified atom stereocenters. The van der Waals surface area contributed by atoms with E-state index in [-0.39, 0.29) is 30.1 Å². The Morgan fingerprint density at radius 1 is 1.19 bits per heavy atom. The monoisotopic (exact) mass is 559 g/mol. The fraction of sp³-hybridized carbons (Fsp3) is 0.652. The second-order valence-electron chi connectivity index (χ2n) is 8.13. The molecule has 3 rings (SSSR count). The molecule has 0 radical (unpaired) electrons. The highest BCUT2D eigenvalue weighted by Crippen LogP contribution is 2.27. The van der Waals surface area contributed by atoms with Crippen LogP contribution in [0.4, 0.5) is 10.5 Å². The topological polar surface area (TPSA) is 78.4 Å². The maximum absolute atomic E-state index is 11.9. The largest absolute Gasteiger partial charge is 0.497 e. The Kier molecular flexibility index (Phi) is 11.2. The van der Waals surface area contributed by atoms with Crippen LogP contribution in [0.3, 0.4) is 0 Å². The molecule has 9 heteroatoms.